The topological polar surface area (TPSA) is 67.3 Å². The summed E-state index contributed by atoms with van der Waals surface area (Å²) in [6.45, 7) is 17.3. The van der Waals surface area contributed by atoms with Crippen LogP contribution in [0.3, 0.4) is 0 Å². The third kappa shape index (κ3) is 7.08. The van der Waals surface area contributed by atoms with E-state index in [9.17, 15) is 14.7 Å². The molecule has 0 atom stereocenters. The maximum absolute atomic E-state index is 12.4. The first kappa shape index (κ1) is 30.1. The van der Waals surface area contributed by atoms with Crippen LogP contribution in [0.4, 0.5) is 0 Å². The van der Waals surface area contributed by atoms with E-state index >= 15 is 0 Å². The first-order valence-corrected chi connectivity index (χ1v) is 16.6. The Morgan fingerprint density at radius 1 is 0.821 bits per heavy atom. The van der Waals surface area contributed by atoms with Gasteiger partial charge in [0.15, 0.2) is 0 Å². The Labute approximate surface area is 245 Å². The molecule has 4 rings (SSSR count). The molecule has 1 N–H and O–H groups in total. The molecule has 2 amide bonds. The van der Waals surface area contributed by atoms with Crippen LogP contribution in [0.25, 0.3) is 10.4 Å². The molecule has 0 bridgehead atoms. The molecule has 3 heterocycles. The fourth-order valence-corrected chi connectivity index (χ4v) is 8.52. The normalized spacial score (nSPS) is 17.4. The van der Waals surface area contributed by atoms with E-state index in [-0.39, 0.29) is 23.7 Å². The van der Waals surface area contributed by atoms with Crippen molar-refractivity contribution in [2.45, 2.75) is 54.1 Å². The van der Waals surface area contributed by atoms with Crippen LogP contribution in [0.2, 0.25) is 0 Å². The zero-order chi connectivity index (χ0) is 28.3. The third-order valence-corrected chi connectivity index (χ3v) is 10.9. The van der Waals surface area contributed by atoms with Crippen LogP contribution in [0.15, 0.2) is 12.1 Å². The first-order valence-electron chi connectivity index (χ1n) is 14.1. The number of carbonyl (C=O) groups is 2. The summed E-state index contributed by atoms with van der Waals surface area (Å²) in [4.78, 5) is 34.7. The van der Waals surface area contributed by atoms with Gasteiger partial charge in [-0.15, -0.1) is 0 Å². The van der Waals surface area contributed by atoms with Gasteiger partial charge < -0.3 is 14.9 Å². The Morgan fingerprint density at radius 3 is 1.64 bits per heavy atom. The van der Waals surface area contributed by atoms with Crippen LogP contribution in [-0.4, -0.2) is 88.9 Å². The Morgan fingerprint density at radius 2 is 1.26 bits per heavy atom. The molecule has 0 aliphatic carbocycles. The minimum Gasteiger partial charge on any atom is -0.507 e. The molecule has 214 valence electrons. The van der Waals surface area contributed by atoms with Gasteiger partial charge in [0, 0.05) is 88.4 Å². The van der Waals surface area contributed by atoms with Gasteiger partial charge in [0.1, 0.15) is 9.57 Å². The number of phenolic OH excluding ortho intramolecular Hbond substituents is 1. The summed E-state index contributed by atoms with van der Waals surface area (Å²) in [5, 5.41) is 11.5. The Kier molecular flexibility index (Phi) is 10.2. The summed E-state index contributed by atoms with van der Waals surface area (Å²) >= 11 is 5.62. The van der Waals surface area contributed by atoms with Gasteiger partial charge >= 0.3 is 0 Å². The summed E-state index contributed by atoms with van der Waals surface area (Å²) in [5.74, 6) is 0.806. The lowest BCUT2D eigenvalue weighted by molar-refractivity contribution is -0.137. The monoisotopic (exact) mass is 590 g/mol. The highest BCUT2D eigenvalue weighted by Gasteiger charge is 2.26. The Hall–Kier alpha value is -1.85. The lowest BCUT2D eigenvalue weighted by Gasteiger charge is -2.36. The predicted molar refractivity (Wildman–Crippen MR) is 163 cm³/mol. The number of phenols is 1. The van der Waals surface area contributed by atoms with Crippen LogP contribution in [0, 0.1) is 15.7 Å². The van der Waals surface area contributed by atoms with Gasteiger partial charge in [-0.25, -0.2) is 0 Å². The SMILES string of the molecule is CCc1c(-c2cc(CN3CCN(C(=O)C(C)C)CC3)c(O)c(CN3CCN(C(=O)C(C)C)CC3)c2)ssc1=S. The summed E-state index contributed by atoms with van der Waals surface area (Å²) in [6, 6.07) is 4.27. The molecule has 2 aliphatic rings. The second-order valence-electron chi connectivity index (χ2n) is 11.3. The van der Waals surface area contributed by atoms with Crippen LogP contribution in [0.5, 0.6) is 5.75 Å². The molecule has 2 aliphatic heterocycles. The van der Waals surface area contributed by atoms with Crippen LogP contribution < -0.4 is 0 Å². The molecule has 10 heteroatoms. The van der Waals surface area contributed by atoms with Gasteiger partial charge in [0.25, 0.3) is 0 Å². The second kappa shape index (κ2) is 13.2. The molecular formula is C29H42N4O3S3. The van der Waals surface area contributed by atoms with Gasteiger partial charge in [-0.2, -0.15) is 0 Å². The van der Waals surface area contributed by atoms with Crippen molar-refractivity contribution in [1.82, 2.24) is 19.6 Å². The van der Waals surface area contributed by atoms with E-state index in [1.165, 1.54) is 10.4 Å². The van der Waals surface area contributed by atoms with Crippen molar-refractivity contribution in [2.75, 3.05) is 52.4 Å². The van der Waals surface area contributed by atoms with E-state index in [4.69, 9.17) is 12.2 Å². The molecule has 1 aromatic heterocycles. The first-order chi connectivity index (χ1) is 18.6. The van der Waals surface area contributed by atoms with Crippen molar-refractivity contribution >= 4 is 44.7 Å². The Bertz CT molecular complexity index is 1160. The number of carbonyl (C=O) groups excluding carboxylic acids is 2. The summed E-state index contributed by atoms with van der Waals surface area (Å²) in [5.41, 5.74) is 4.18. The van der Waals surface area contributed by atoms with Gasteiger partial charge in [-0.1, -0.05) is 67.5 Å². The molecule has 2 aromatic rings. The highest BCUT2D eigenvalue weighted by Crippen LogP contribution is 2.39. The molecule has 0 spiro atoms. The molecular weight excluding hydrogens is 549 g/mol. The highest BCUT2D eigenvalue weighted by molar-refractivity contribution is 7.80. The van der Waals surface area contributed by atoms with Crippen molar-refractivity contribution < 1.29 is 14.7 Å². The standard InChI is InChI=1S/C29H42N4O3S3/c1-6-24-26(38-39-29(24)37)21-15-22(17-30-7-11-32(12-8-30)27(35)19(2)3)25(34)23(16-21)18-31-9-13-33(14-10-31)28(36)20(4)5/h15-16,19-20,34H,6-14,17-18H2,1-5H3. The summed E-state index contributed by atoms with van der Waals surface area (Å²) < 4.78 is 0.950. The van der Waals surface area contributed by atoms with Crippen molar-refractivity contribution in [3.63, 3.8) is 0 Å². The van der Waals surface area contributed by atoms with E-state index < -0.39 is 0 Å². The number of nitrogens with zero attached hydrogens (tertiary/aromatic N) is 4. The van der Waals surface area contributed by atoms with Gasteiger partial charge in [0.2, 0.25) is 11.8 Å². The second-order valence-corrected chi connectivity index (χ2v) is 14.1. The van der Waals surface area contributed by atoms with Gasteiger partial charge in [-0.3, -0.25) is 19.4 Å². The predicted octanol–water partition coefficient (Wildman–Crippen LogP) is 5.07. The van der Waals surface area contributed by atoms with Crippen molar-refractivity contribution in [1.29, 1.82) is 0 Å². The van der Waals surface area contributed by atoms with Crippen molar-refractivity contribution in [2.24, 2.45) is 11.8 Å². The van der Waals surface area contributed by atoms with Gasteiger partial charge in [0.05, 0.1) is 4.88 Å². The van der Waals surface area contributed by atoms with Crippen molar-refractivity contribution in [3.8, 4) is 16.2 Å². The number of hydrogen-bond acceptors (Lipinski definition) is 8. The minimum absolute atomic E-state index is 0.0130. The lowest BCUT2D eigenvalue weighted by Crippen LogP contribution is -2.49. The van der Waals surface area contributed by atoms with E-state index in [0.717, 1.165) is 79.3 Å². The zero-order valence-electron chi connectivity index (χ0n) is 23.9. The fraction of sp³-hybridized carbons (Fsp3) is 0.621. The average Bonchev–Trinajstić information content (AvgIpc) is 3.30. The van der Waals surface area contributed by atoms with E-state index in [1.54, 1.807) is 20.7 Å². The number of rotatable bonds is 8. The zero-order valence-corrected chi connectivity index (χ0v) is 26.3. The largest absolute Gasteiger partial charge is 0.507 e. The van der Waals surface area contributed by atoms with Crippen LogP contribution >= 0.6 is 32.9 Å². The number of amides is 2. The maximum Gasteiger partial charge on any atom is 0.225 e. The quantitative estimate of drug-likeness (QED) is 0.342. The molecule has 2 fully saturated rings. The van der Waals surface area contributed by atoms with Crippen LogP contribution in [-0.2, 0) is 29.1 Å². The maximum atomic E-state index is 12.4. The smallest absolute Gasteiger partial charge is 0.225 e. The van der Waals surface area contributed by atoms with Crippen LogP contribution in [0.1, 0.15) is 51.3 Å². The molecule has 0 unspecified atom stereocenters. The van der Waals surface area contributed by atoms with Gasteiger partial charge in [-0.05, 0) is 29.7 Å². The molecule has 7 nitrogen and oxygen atoms in total. The molecule has 2 saturated heterocycles. The fourth-order valence-electron chi connectivity index (χ4n) is 5.40. The van der Waals surface area contributed by atoms with E-state index in [0.29, 0.717) is 18.8 Å². The van der Waals surface area contributed by atoms with E-state index in [2.05, 4.69) is 28.9 Å². The molecule has 0 saturated carbocycles. The number of aromatic hydroxyl groups is 1. The van der Waals surface area contributed by atoms with E-state index in [1.807, 2.05) is 37.5 Å². The summed E-state index contributed by atoms with van der Waals surface area (Å²) in [6.07, 6.45) is 0.886. The average molecular weight is 591 g/mol. The number of hydrogen-bond donors (Lipinski definition) is 1. The number of benzene rings is 1. The minimum atomic E-state index is 0.0130. The molecule has 0 radical (unpaired) electrons. The highest BCUT2D eigenvalue weighted by atomic mass is 32.9. The molecule has 39 heavy (non-hydrogen) atoms. The number of piperazine rings is 2. The lowest BCUT2D eigenvalue weighted by atomic mass is 9.99. The Balaban J connectivity index is 1.55. The third-order valence-electron chi connectivity index (χ3n) is 7.75. The van der Waals surface area contributed by atoms with Crippen molar-refractivity contribution in [3.05, 3.63) is 32.6 Å². The summed E-state index contributed by atoms with van der Waals surface area (Å²) in [7, 11) is 3.37. The molecule has 1 aromatic carbocycles.